The van der Waals surface area contributed by atoms with Gasteiger partial charge in [0.05, 0.1) is 0 Å². The number of hydrogen-bond donors (Lipinski definition) is 0. The fourth-order valence-electron chi connectivity index (χ4n) is 4.07. The summed E-state index contributed by atoms with van der Waals surface area (Å²) < 4.78 is 3.43. The van der Waals surface area contributed by atoms with Gasteiger partial charge in [0.1, 0.15) is 5.92 Å². The first-order chi connectivity index (χ1) is 14.9. The van der Waals surface area contributed by atoms with Gasteiger partial charge in [0, 0.05) is 20.6 Å². The van der Waals surface area contributed by atoms with Gasteiger partial charge in [0.2, 0.25) is 17.8 Å². The maximum atomic E-state index is 13.3. The van der Waals surface area contributed by atoms with E-state index in [2.05, 4.69) is 4.98 Å². The van der Waals surface area contributed by atoms with Crippen molar-refractivity contribution in [2.75, 3.05) is 11.4 Å². The van der Waals surface area contributed by atoms with Crippen LogP contribution in [0.25, 0.3) is 11.2 Å². The van der Waals surface area contributed by atoms with Crippen LogP contribution >= 0.6 is 0 Å². The second-order valence-electron chi connectivity index (χ2n) is 7.88. The number of aryl methyl sites for hydroxylation is 1. The zero-order valence-corrected chi connectivity index (χ0v) is 17.9. The fraction of sp³-hybridized carbons (Fsp3) is 0.409. The Bertz CT molecular complexity index is 1290. The zero-order chi connectivity index (χ0) is 22.3. The van der Waals surface area contributed by atoms with Crippen molar-refractivity contribution in [1.29, 1.82) is 0 Å². The number of unbranched alkanes of at least 4 members (excludes halogenated alkanes) is 1. The molecule has 3 heterocycles. The number of aromatic nitrogens is 4. The lowest BCUT2D eigenvalue weighted by molar-refractivity contribution is -0.121. The summed E-state index contributed by atoms with van der Waals surface area (Å²) in [4.78, 5) is 57.8. The summed E-state index contributed by atoms with van der Waals surface area (Å²) in [7, 11) is 2.86. The number of amides is 1. The molecule has 1 aliphatic heterocycles. The summed E-state index contributed by atoms with van der Waals surface area (Å²) in [5.41, 5.74) is 0.0404. The summed E-state index contributed by atoms with van der Waals surface area (Å²) >= 11 is 0. The second kappa shape index (κ2) is 7.98. The molecule has 3 aromatic rings. The minimum absolute atomic E-state index is 0.0308. The monoisotopic (exact) mass is 423 g/mol. The van der Waals surface area contributed by atoms with E-state index in [1.807, 2.05) is 37.3 Å². The number of carbonyl (C=O) groups excluding carboxylic acids is 2. The van der Waals surface area contributed by atoms with Crippen molar-refractivity contribution in [3.05, 3.63) is 56.7 Å². The van der Waals surface area contributed by atoms with Crippen LogP contribution in [0.1, 0.15) is 36.5 Å². The van der Waals surface area contributed by atoms with Gasteiger partial charge in [-0.1, -0.05) is 50.1 Å². The Morgan fingerprint density at radius 1 is 0.968 bits per heavy atom. The lowest BCUT2D eigenvalue weighted by atomic mass is 9.97. The molecule has 1 aromatic carbocycles. The topological polar surface area (TPSA) is 99.2 Å². The number of benzene rings is 1. The third kappa shape index (κ3) is 3.30. The van der Waals surface area contributed by atoms with E-state index in [9.17, 15) is 19.2 Å². The molecule has 0 radical (unpaired) electrons. The molecule has 1 aliphatic rings. The molecule has 0 saturated carbocycles. The molecular weight excluding hydrogens is 398 g/mol. The Morgan fingerprint density at radius 2 is 1.68 bits per heavy atom. The summed E-state index contributed by atoms with van der Waals surface area (Å²) in [5.74, 6) is -1.53. The van der Waals surface area contributed by atoms with Crippen molar-refractivity contribution in [3.63, 3.8) is 0 Å². The van der Waals surface area contributed by atoms with E-state index in [-0.39, 0.29) is 23.0 Å². The van der Waals surface area contributed by atoms with Crippen molar-refractivity contribution < 1.29 is 9.59 Å². The fourth-order valence-corrected chi connectivity index (χ4v) is 4.07. The Morgan fingerprint density at radius 3 is 2.35 bits per heavy atom. The Balaban J connectivity index is 1.89. The summed E-state index contributed by atoms with van der Waals surface area (Å²) in [6.45, 7) is 2.31. The van der Waals surface area contributed by atoms with Crippen molar-refractivity contribution in [2.45, 2.75) is 32.6 Å². The molecule has 9 heteroatoms. The summed E-state index contributed by atoms with van der Waals surface area (Å²) in [5, 5.41) is 0. The number of rotatable bonds is 6. The highest BCUT2D eigenvalue weighted by Crippen LogP contribution is 2.30. The number of imidazole rings is 1. The van der Waals surface area contributed by atoms with Gasteiger partial charge in [-0.3, -0.25) is 28.4 Å². The van der Waals surface area contributed by atoms with Crippen LogP contribution in [-0.2, 0) is 25.3 Å². The lowest BCUT2D eigenvalue weighted by Crippen LogP contribution is -2.49. The van der Waals surface area contributed by atoms with Gasteiger partial charge in [-0.2, -0.15) is 4.98 Å². The molecule has 1 amide bonds. The third-order valence-electron chi connectivity index (χ3n) is 5.88. The highest BCUT2D eigenvalue weighted by atomic mass is 16.2. The van der Waals surface area contributed by atoms with E-state index in [0.29, 0.717) is 25.8 Å². The summed E-state index contributed by atoms with van der Waals surface area (Å²) in [6, 6.07) is 9.71. The average molecular weight is 423 g/mol. The van der Waals surface area contributed by atoms with Gasteiger partial charge < -0.3 is 0 Å². The molecule has 0 spiro atoms. The van der Waals surface area contributed by atoms with E-state index in [1.54, 1.807) is 0 Å². The Kier molecular flexibility index (Phi) is 5.34. The van der Waals surface area contributed by atoms with Gasteiger partial charge in [0.15, 0.2) is 11.2 Å². The highest BCUT2D eigenvalue weighted by Gasteiger charge is 2.42. The quantitative estimate of drug-likeness (QED) is 0.559. The number of carbonyl (C=O) groups is 2. The molecule has 0 N–H and O–H groups in total. The molecule has 0 fully saturated rings. The molecule has 1 atom stereocenters. The van der Waals surface area contributed by atoms with Gasteiger partial charge >= 0.3 is 5.69 Å². The molecule has 1 unspecified atom stereocenters. The normalized spacial score (nSPS) is 16.2. The zero-order valence-electron chi connectivity index (χ0n) is 17.9. The lowest BCUT2D eigenvalue weighted by Gasteiger charge is -2.31. The molecule has 0 bridgehead atoms. The van der Waals surface area contributed by atoms with Crippen LogP contribution in [0.4, 0.5) is 5.95 Å². The average Bonchev–Trinajstić information content (AvgIpc) is 3.17. The minimum Gasteiger partial charge on any atom is -0.281 e. The van der Waals surface area contributed by atoms with Gasteiger partial charge in [-0.15, -0.1) is 0 Å². The SMILES string of the molecule is CCCCC1C(=O)N(CCc2ccccc2)c2nc3c(c(=O)n(C)c(=O)n3C)n2C1=O. The van der Waals surface area contributed by atoms with E-state index in [1.165, 1.54) is 28.1 Å². The van der Waals surface area contributed by atoms with E-state index >= 15 is 0 Å². The van der Waals surface area contributed by atoms with E-state index in [4.69, 9.17) is 0 Å². The number of fused-ring (bicyclic) bond motifs is 3. The van der Waals surface area contributed by atoms with Crippen LogP contribution in [0, 0.1) is 5.92 Å². The highest BCUT2D eigenvalue weighted by molar-refractivity contribution is 6.14. The second-order valence-corrected chi connectivity index (χ2v) is 7.88. The molecule has 0 saturated heterocycles. The number of anilines is 1. The molecule has 9 nitrogen and oxygen atoms in total. The van der Waals surface area contributed by atoms with Crippen molar-refractivity contribution in [1.82, 2.24) is 18.7 Å². The van der Waals surface area contributed by atoms with Crippen molar-refractivity contribution >= 4 is 28.9 Å². The van der Waals surface area contributed by atoms with Crippen LogP contribution in [0.5, 0.6) is 0 Å². The molecular formula is C22H25N5O4. The van der Waals surface area contributed by atoms with Crippen molar-refractivity contribution in [2.24, 2.45) is 20.0 Å². The standard InChI is InChI=1S/C22H25N5O4/c1-4-5-11-15-18(28)26(13-12-14-9-7-6-8-10-14)21-23-17-16(27(21)19(15)29)20(30)25(3)22(31)24(17)2/h6-10,15H,4-5,11-13H2,1-3H3. The van der Waals surface area contributed by atoms with Gasteiger partial charge in [-0.25, -0.2) is 9.36 Å². The van der Waals surface area contributed by atoms with Gasteiger partial charge in [0.25, 0.3) is 5.56 Å². The first-order valence-corrected chi connectivity index (χ1v) is 10.4. The smallest absolute Gasteiger partial charge is 0.281 e. The maximum Gasteiger partial charge on any atom is 0.332 e. The third-order valence-corrected chi connectivity index (χ3v) is 5.88. The number of hydrogen-bond acceptors (Lipinski definition) is 5. The van der Waals surface area contributed by atoms with Crippen LogP contribution in [0.3, 0.4) is 0 Å². The molecule has 2 aromatic heterocycles. The Hall–Kier alpha value is -3.49. The molecule has 31 heavy (non-hydrogen) atoms. The van der Waals surface area contributed by atoms with Crippen molar-refractivity contribution in [3.8, 4) is 0 Å². The number of nitrogens with zero attached hydrogens (tertiary/aromatic N) is 5. The van der Waals surface area contributed by atoms with Crippen LogP contribution in [0.15, 0.2) is 39.9 Å². The van der Waals surface area contributed by atoms with Crippen LogP contribution < -0.4 is 16.1 Å². The Labute approximate surface area is 178 Å². The maximum absolute atomic E-state index is 13.3. The van der Waals surface area contributed by atoms with E-state index < -0.39 is 23.1 Å². The molecule has 162 valence electrons. The molecule has 4 rings (SSSR count). The van der Waals surface area contributed by atoms with Crippen LogP contribution in [0.2, 0.25) is 0 Å². The first-order valence-electron chi connectivity index (χ1n) is 10.4. The van der Waals surface area contributed by atoms with Gasteiger partial charge in [-0.05, 0) is 18.4 Å². The minimum atomic E-state index is -0.873. The first kappa shape index (κ1) is 20.8. The largest absolute Gasteiger partial charge is 0.332 e. The predicted octanol–water partition coefficient (Wildman–Crippen LogP) is 1.47. The van der Waals surface area contributed by atoms with E-state index in [0.717, 1.165) is 16.6 Å². The predicted molar refractivity (Wildman–Crippen MR) is 116 cm³/mol. The molecule has 0 aliphatic carbocycles. The summed E-state index contributed by atoms with van der Waals surface area (Å²) in [6.07, 6.45) is 2.53. The van der Waals surface area contributed by atoms with Crippen LogP contribution in [-0.4, -0.2) is 37.0 Å².